The van der Waals surface area contributed by atoms with Gasteiger partial charge in [0.15, 0.2) is 0 Å². The fraction of sp³-hybridized carbons (Fsp3) is 0.125. The average molecular weight is 270 g/mol. The summed E-state index contributed by atoms with van der Waals surface area (Å²) in [5.74, 6) is 0. The summed E-state index contributed by atoms with van der Waals surface area (Å²) in [6.45, 7) is 0. The second kappa shape index (κ2) is 4.67. The fourth-order valence-electron chi connectivity index (χ4n) is 2.35. The number of hydrogen-bond donors (Lipinski definition) is 0. The summed E-state index contributed by atoms with van der Waals surface area (Å²) in [5, 5.41) is 1.73. The highest BCUT2D eigenvalue weighted by atomic mass is 32.2. The van der Waals surface area contributed by atoms with E-state index in [1.54, 1.807) is 24.3 Å². The third-order valence-electron chi connectivity index (χ3n) is 3.31. The van der Waals surface area contributed by atoms with Crippen LogP contribution in [-0.2, 0) is 9.84 Å². The van der Waals surface area contributed by atoms with E-state index in [-0.39, 0.29) is 0 Å². The van der Waals surface area contributed by atoms with Crippen molar-refractivity contribution in [1.29, 1.82) is 0 Å². The van der Waals surface area contributed by atoms with E-state index in [0.29, 0.717) is 9.80 Å². The van der Waals surface area contributed by atoms with Gasteiger partial charge in [-0.1, -0.05) is 48.6 Å². The van der Waals surface area contributed by atoms with Crippen LogP contribution in [0.15, 0.2) is 70.5 Å². The maximum Gasteiger partial charge on any atom is 0.206 e. The fourth-order valence-corrected chi connectivity index (χ4v) is 3.95. The molecule has 0 aliphatic heterocycles. The quantitative estimate of drug-likeness (QED) is 0.830. The van der Waals surface area contributed by atoms with Gasteiger partial charge in [0.2, 0.25) is 9.84 Å². The average Bonchev–Trinajstić information content (AvgIpc) is 2.47. The molecule has 1 aliphatic rings. The van der Waals surface area contributed by atoms with E-state index in [0.717, 1.165) is 23.6 Å². The Morgan fingerprint density at radius 3 is 2.47 bits per heavy atom. The lowest BCUT2D eigenvalue weighted by Gasteiger charge is -2.11. The van der Waals surface area contributed by atoms with Gasteiger partial charge in [-0.2, -0.15) is 0 Å². The molecule has 0 fully saturated rings. The monoisotopic (exact) mass is 270 g/mol. The lowest BCUT2D eigenvalue weighted by molar-refractivity contribution is 0.603. The van der Waals surface area contributed by atoms with Crippen molar-refractivity contribution in [3.63, 3.8) is 0 Å². The molecule has 0 spiro atoms. The number of benzene rings is 2. The molecule has 0 heterocycles. The lowest BCUT2D eigenvalue weighted by atomic mass is 10.1. The molecule has 0 saturated carbocycles. The number of allylic oxidation sites excluding steroid dienone is 3. The number of hydrogen-bond acceptors (Lipinski definition) is 2. The van der Waals surface area contributed by atoms with Crippen molar-refractivity contribution < 1.29 is 8.42 Å². The van der Waals surface area contributed by atoms with Crippen LogP contribution in [0.4, 0.5) is 0 Å². The van der Waals surface area contributed by atoms with Crippen molar-refractivity contribution >= 4 is 20.6 Å². The summed E-state index contributed by atoms with van der Waals surface area (Å²) in [6.07, 6.45) is 7.13. The number of sulfone groups is 1. The SMILES string of the molecule is O=S(=O)(C1=CCCC=C1)c1cccc2ccccc12. The minimum Gasteiger partial charge on any atom is -0.219 e. The summed E-state index contributed by atoms with van der Waals surface area (Å²) in [5.41, 5.74) is 0. The zero-order chi connectivity index (χ0) is 13.3. The van der Waals surface area contributed by atoms with Gasteiger partial charge in [0, 0.05) is 5.39 Å². The Labute approximate surface area is 113 Å². The third kappa shape index (κ3) is 2.10. The Balaban J connectivity index is 2.24. The summed E-state index contributed by atoms with van der Waals surface area (Å²) >= 11 is 0. The Morgan fingerprint density at radius 2 is 1.68 bits per heavy atom. The summed E-state index contributed by atoms with van der Waals surface area (Å²) in [4.78, 5) is 0.804. The summed E-state index contributed by atoms with van der Waals surface area (Å²) < 4.78 is 25.4. The highest BCUT2D eigenvalue weighted by Crippen LogP contribution is 2.29. The molecule has 3 heteroatoms. The molecule has 0 N–H and O–H groups in total. The van der Waals surface area contributed by atoms with Crippen LogP contribution in [0, 0.1) is 0 Å². The highest BCUT2D eigenvalue weighted by molar-refractivity contribution is 7.95. The molecule has 0 atom stereocenters. The van der Waals surface area contributed by atoms with Gasteiger partial charge in [0.1, 0.15) is 0 Å². The third-order valence-corrected chi connectivity index (χ3v) is 5.17. The van der Waals surface area contributed by atoms with E-state index in [2.05, 4.69) is 0 Å². The first kappa shape index (κ1) is 12.2. The molecule has 0 unspecified atom stereocenters. The first-order valence-corrected chi connectivity index (χ1v) is 7.77. The van der Waals surface area contributed by atoms with Gasteiger partial charge in [0.05, 0.1) is 9.80 Å². The molecule has 2 aromatic carbocycles. The Morgan fingerprint density at radius 1 is 0.895 bits per heavy atom. The van der Waals surface area contributed by atoms with Gasteiger partial charge in [0.25, 0.3) is 0 Å². The van der Waals surface area contributed by atoms with E-state index in [1.807, 2.05) is 36.4 Å². The largest absolute Gasteiger partial charge is 0.219 e. The maximum atomic E-state index is 12.7. The van der Waals surface area contributed by atoms with Crippen molar-refractivity contribution in [2.45, 2.75) is 17.7 Å². The van der Waals surface area contributed by atoms with Crippen LogP contribution < -0.4 is 0 Å². The number of fused-ring (bicyclic) bond motifs is 1. The molecular weight excluding hydrogens is 256 g/mol. The van der Waals surface area contributed by atoms with Crippen LogP contribution in [0.2, 0.25) is 0 Å². The zero-order valence-electron chi connectivity index (χ0n) is 10.4. The summed E-state index contributed by atoms with van der Waals surface area (Å²) in [7, 11) is -3.41. The molecule has 0 aromatic heterocycles. The standard InChI is InChI=1S/C16H14O2S/c17-19(18,14-9-2-1-3-10-14)16-12-6-8-13-7-4-5-11-15(13)16/h2,4-12H,1,3H2. The second-order valence-electron chi connectivity index (χ2n) is 4.57. The van der Waals surface area contributed by atoms with Crippen LogP contribution in [0.1, 0.15) is 12.8 Å². The van der Waals surface area contributed by atoms with E-state index >= 15 is 0 Å². The molecular formula is C16H14O2S. The van der Waals surface area contributed by atoms with Crippen molar-refractivity contribution in [2.24, 2.45) is 0 Å². The normalized spacial score (nSPS) is 15.5. The van der Waals surface area contributed by atoms with E-state index in [4.69, 9.17) is 0 Å². The molecule has 0 amide bonds. The van der Waals surface area contributed by atoms with E-state index in [1.165, 1.54) is 0 Å². The molecule has 0 saturated heterocycles. The van der Waals surface area contributed by atoms with Crippen LogP contribution >= 0.6 is 0 Å². The molecule has 2 aromatic rings. The lowest BCUT2D eigenvalue weighted by Crippen LogP contribution is -2.05. The van der Waals surface area contributed by atoms with Crippen LogP contribution in [-0.4, -0.2) is 8.42 Å². The molecule has 96 valence electrons. The van der Waals surface area contributed by atoms with Crippen LogP contribution in [0.25, 0.3) is 10.8 Å². The van der Waals surface area contributed by atoms with Crippen LogP contribution in [0.3, 0.4) is 0 Å². The first-order valence-electron chi connectivity index (χ1n) is 6.29. The van der Waals surface area contributed by atoms with Gasteiger partial charge < -0.3 is 0 Å². The molecule has 1 aliphatic carbocycles. The van der Waals surface area contributed by atoms with Gasteiger partial charge >= 0.3 is 0 Å². The van der Waals surface area contributed by atoms with Gasteiger partial charge in [-0.05, 0) is 30.4 Å². The molecule has 0 radical (unpaired) electrons. The maximum absolute atomic E-state index is 12.7. The Bertz CT molecular complexity index is 778. The first-order chi connectivity index (χ1) is 9.19. The predicted octanol–water partition coefficient (Wildman–Crippen LogP) is 3.85. The number of rotatable bonds is 2. The van der Waals surface area contributed by atoms with Gasteiger partial charge in [-0.15, -0.1) is 0 Å². The van der Waals surface area contributed by atoms with Crippen molar-refractivity contribution in [3.8, 4) is 0 Å². The topological polar surface area (TPSA) is 34.1 Å². The minimum atomic E-state index is -3.41. The summed E-state index contributed by atoms with van der Waals surface area (Å²) in [6, 6.07) is 13.0. The highest BCUT2D eigenvalue weighted by Gasteiger charge is 2.21. The molecule has 2 nitrogen and oxygen atoms in total. The van der Waals surface area contributed by atoms with E-state index < -0.39 is 9.84 Å². The second-order valence-corrected chi connectivity index (χ2v) is 6.49. The van der Waals surface area contributed by atoms with Gasteiger partial charge in [-0.25, -0.2) is 8.42 Å². The molecule has 19 heavy (non-hydrogen) atoms. The van der Waals surface area contributed by atoms with Crippen molar-refractivity contribution in [1.82, 2.24) is 0 Å². The van der Waals surface area contributed by atoms with Gasteiger partial charge in [-0.3, -0.25) is 0 Å². The predicted molar refractivity (Wildman–Crippen MR) is 77.6 cm³/mol. The van der Waals surface area contributed by atoms with Crippen molar-refractivity contribution in [3.05, 3.63) is 65.6 Å². The minimum absolute atomic E-state index is 0.392. The molecule has 0 bridgehead atoms. The van der Waals surface area contributed by atoms with E-state index in [9.17, 15) is 8.42 Å². The Hall–Kier alpha value is -1.87. The smallest absolute Gasteiger partial charge is 0.206 e. The van der Waals surface area contributed by atoms with Crippen molar-refractivity contribution in [2.75, 3.05) is 0 Å². The molecule has 3 rings (SSSR count). The Kier molecular flexibility index (Phi) is 2.99. The van der Waals surface area contributed by atoms with Crippen LogP contribution in [0.5, 0.6) is 0 Å². The zero-order valence-corrected chi connectivity index (χ0v) is 11.2.